The average Bonchev–Trinajstić information content (AvgIpc) is 2.92. The number of amides is 1. The Morgan fingerprint density at radius 2 is 1.78 bits per heavy atom. The predicted molar refractivity (Wildman–Crippen MR) is 150 cm³/mol. The van der Waals surface area contributed by atoms with E-state index >= 15 is 0 Å². The summed E-state index contributed by atoms with van der Waals surface area (Å²) in [4.78, 5) is 12.7. The van der Waals surface area contributed by atoms with Crippen molar-refractivity contribution in [3.63, 3.8) is 0 Å². The van der Waals surface area contributed by atoms with E-state index in [9.17, 15) is 26.4 Å². The van der Waals surface area contributed by atoms with Crippen molar-refractivity contribution in [2.24, 2.45) is 5.92 Å². The van der Waals surface area contributed by atoms with Gasteiger partial charge in [0.25, 0.3) is 0 Å². The molecule has 0 aromatic heterocycles. The molecule has 0 spiro atoms. The van der Waals surface area contributed by atoms with Crippen LogP contribution >= 0.6 is 0 Å². The maximum absolute atomic E-state index is 13.2. The van der Waals surface area contributed by atoms with Crippen LogP contribution in [-0.4, -0.2) is 27.5 Å². The van der Waals surface area contributed by atoms with Crippen molar-refractivity contribution in [1.82, 2.24) is 15.4 Å². The van der Waals surface area contributed by atoms with Crippen molar-refractivity contribution >= 4 is 15.9 Å². The molecule has 3 aromatic rings. The lowest BCUT2D eigenvalue weighted by atomic mass is 9.98. The van der Waals surface area contributed by atoms with Crippen LogP contribution in [0.3, 0.4) is 0 Å². The summed E-state index contributed by atoms with van der Waals surface area (Å²) in [5, 5.41) is 6.38. The number of benzene rings is 3. The Morgan fingerprint density at radius 1 is 1.02 bits per heavy atom. The van der Waals surface area contributed by atoms with Gasteiger partial charge in [-0.25, -0.2) is 13.1 Å². The molecule has 2 atom stereocenters. The van der Waals surface area contributed by atoms with Crippen LogP contribution in [0.15, 0.2) is 77.7 Å². The van der Waals surface area contributed by atoms with E-state index in [2.05, 4.69) is 29.2 Å². The van der Waals surface area contributed by atoms with Gasteiger partial charge < -0.3 is 15.4 Å². The summed E-state index contributed by atoms with van der Waals surface area (Å²) in [6.45, 7) is 6.25. The Labute approximate surface area is 238 Å². The molecule has 0 saturated carbocycles. The summed E-state index contributed by atoms with van der Waals surface area (Å²) in [7, 11) is -4.39. The smallest absolute Gasteiger partial charge is 0.416 e. The Balaban J connectivity index is 1.49. The fourth-order valence-electron chi connectivity index (χ4n) is 4.65. The highest BCUT2D eigenvalue weighted by atomic mass is 32.2. The standard InChI is InChI=1S/C30H34F3N3O4S/c1-20(2)18-34-19-21-11-12-25-26(13-14-40-28(25)15-21)35-29(37)17-27(22-7-4-3-5-8-22)36-41(38,39)24-10-6-9-23(16-24)30(31,32)33/h3-12,15-16,20,26-27,34,36H,13-14,17-19H2,1-2H3,(H,35,37)/t26-,27-/m1/s1. The van der Waals surface area contributed by atoms with E-state index < -0.39 is 38.6 Å². The molecule has 0 bridgehead atoms. The van der Waals surface area contributed by atoms with Gasteiger partial charge in [-0.15, -0.1) is 0 Å². The third kappa shape index (κ3) is 8.31. The largest absolute Gasteiger partial charge is 0.493 e. The van der Waals surface area contributed by atoms with Crippen LogP contribution in [0.1, 0.15) is 61.0 Å². The zero-order valence-corrected chi connectivity index (χ0v) is 23.7. The van der Waals surface area contributed by atoms with E-state index in [1.165, 1.54) is 0 Å². The molecule has 4 rings (SSSR count). The quantitative estimate of drug-likeness (QED) is 0.275. The topological polar surface area (TPSA) is 96.5 Å². The molecule has 1 aliphatic rings. The van der Waals surface area contributed by atoms with Gasteiger partial charge >= 0.3 is 6.18 Å². The molecule has 0 radical (unpaired) electrons. The molecular weight excluding hydrogens is 555 g/mol. The molecule has 3 N–H and O–H groups in total. The van der Waals surface area contributed by atoms with Gasteiger partial charge in [0.05, 0.1) is 29.1 Å². The summed E-state index contributed by atoms with van der Waals surface area (Å²) in [5.41, 5.74) is 1.32. The Morgan fingerprint density at radius 3 is 2.49 bits per heavy atom. The average molecular weight is 590 g/mol. The van der Waals surface area contributed by atoms with Gasteiger partial charge in [0, 0.05) is 24.9 Å². The van der Waals surface area contributed by atoms with Gasteiger partial charge in [-0.3, -0.25) is 4.79 Å². The molecule has 0 fully saturated rings. The highest BCUT2D eigenvalue weighted by Gasteiger charge is 2.33. The Hall–Kier alpha value is -3.41. The van der Waals surface area contributed by atoms with Crippen LogP contribution < -0.4 is 20.1 Å². The fourth-order valence-corrected chi connectivity index (χ4v) is 5.92. The molecular formula is C30H34F3N3O4S. The number of nitrogens with one attached hydrogen (secondary N) is 3. The van der Waals surface area contributed by atoms with E-state index in [-0.39, 0.29) is 12.5 Å². The van der Waals surface area contributed by atoms with E-state index in [1.54, 1.807) is 30.3 Å². The molecule has 0 saturated heterocycles. The molecule has 1 aliphatic heterocycles. The second-order valence-electron chi connectivity index (χ2n) is 10.5. The summed E-state index contributed by atoms with van der Waals surface area (Å²) in [6.07, 6.45) is -4.42. The molecule has 220 valence electrons. The first kappa shape index (κ1) is 30.5. The van der Waals surface area contributed by atoms with E-state index in [0.717, 1.165) is 35.9 Å². The lowest BCUT2D eigenvalue weighted by molar-refractivity contribution is -0.137. The van der Waals surface area contributed by atoms with Gasteiger partial charge in [-0.05, 0) is 47.9 Å². The zero-order valence-electron chi connectivity index (χ0n) is 22.9. The predicted octanol–water partition coefficient (Wildman–Crippen LogP) is 5.50. The van der Waals surface area contributed by atoms with Gasteiger partial charge in [-0.1, -0.05) is 62.4 Å². The first-order valence-electron chi connectivity index (χ1n) is 13.4. The van der Waals surface area contributed by atoms with Gasteiger partial charge in [0.15, 0.2) is 0 Å². The van der Waals surface area contributed by atoms with Gasteiger partial charge in [0.1, 0.15) is 5.75 Å². The maximum atomic E-state index is 13.2. The summed E-state index contributed by atoms with van der Waals surface area (Å²) < 4.78 is 74.2. The number of carbonyl (C=O) groups is 1. The molecule has 0 unspecified atom stereocenters. The summed E-state index contributed by atoms with van der Waals surface area (Å²) >= 11 is 0. The zero-order chi connectivity index (χ0) is 29.6. The number of ether oxygens (including phenoxy) is 1. The molecule has 11 heteroatoms. The van der Waals surface area contributed by atoms with Crippen molar-refractivity contribution in [2.45, 2.75) is 56.4 Å². The minimum Gasteiger partial charge on any atom is -0.493 e. The number of sulfonamides is 1. The number of hydrogen-bond donors (Lipinski definition) is 3. The molecule has 0 aliphatic carbocycles. The first-order chi connectivity index (χ1) is 19.4. The summed E-state index contributed by atoms with van der Waals surface area (Å²) in [5.74, 6) is 0.805. The van der Waals surface area contributed by atoms with Crippen molar-refractivity contribution in [3.05, 3.63) is 95.1 Å². The van der Waals surface area contributed by atoms with Crippen LogP contribution in [-0.2, 0) is 27.5 Å². The van der Waals surface area contributed by atoms with Gasteiger partial charge in [0.2, 0.25) is 15.9 Å². The second-order valence-corrected chi connectivity index (χ2v) is 12.2. The SMILES string of the molecule is CC(C)CNCc1ccc2c(c1)OCC[C@H]2NC(=O)C[C@@H](NS(=O)(=O)c1cccc(C(F)(F)F)c1)c1ccccc1. The highest BCUT2D eigenvalue weighted by molar-refractivity contribution is 7.89. The van der Waals surface area contributed by atoms with Crippen LogP contribution in [0.4, 0.5) is 13.2 Å². The van der Waals surface area contributed by atoms with Crippen molar-refractivity contribution < 1.29 is 31.1 Å². The minimum atomic E-state index is -4.70. The lowest BCUT2D eigenvalue weighted by Crippen LogP contribution is -2.36. The lowest BCUT2D eigenvalue weighted by Gasteiger charge is -2.28. The van der Waals surface area contributed by atoms with E-state index in [0.29, 0.717) is 42.9 Å². The van der Waals surface area contributed by atoms with Crippen LogP contribution in [0.2, 0.25) is 0 Å². The second kappa shape index (κ2) is 13.1. The Bertz CT molecular complexity index is 1450. The number of hydrogen-bond acceptors (Lipinski definition) is 5. The number of carbonyl (C=O) groups excluding carboxylic acids is 1. The van der Waals surface area contributed by atoms with Crippen LogP contribution in [0.25, 0.3) is 0 Å². The number of fused-ring (bicyclic) bond motifs is 1. The monoisotopic (exact) mass is 589 g/mol. The van der Waals surface area contributed by atoms with Crippen molar-refractivity contribution in [2.75, 3.05) is 13.2 Å². The minimum absolute atomic E-state index is 0.258. The highest BCUT2D eigenvalue weighted by Crippen LogP contribution is 2.34. The maximum Gasteiger partial charge on any atom is 0.416 e. The number of alkyl halides is 3. The van der Waals surface area contributed by atoms with E-state index in [1.807, 2.05) is 18.2 Å². The number of rotatable bonds is 11. The third-order valence-corrected chi connectivity index (χ3v) is 8.16. The van der Waals surface area contributed by atoms with Crippen molar-refractivity contribution in [3.8, 4) is 5.75 Å². The first-order valence-corrected chi connectivity index (χ1v) is 14.9. The normalized spacial score (nSPS) is 16.1. The molecule has 1 heterocycles. The van der Waals surface area contributed by atoms with Crippen LogP contribution in [0.5, 0.6) is 5.75 Å². The molecule has 1 amide bonds. The van der Waals surface area contributed by atoms with Crippen molar-refractivity contribution in [1.29, 1.82) is 0 Å². The van der Waals surface area contributed by atoms with Crippen LogP contribution in [0, 0.1) is 5.92 Å². The molecule has 7 nitrogen and oxygen atoms in total. The fraction of sp³-hybridized carbons (Fsp3) is 0.367. The van der Waals surface area contributed by atoms with E-state index in [4.69, 9.17) is 4.74 Å². The third-order valence-electron chi connectivity index (χ3n) is 6.69. The Kier molecular flexibility index (Phi) is 9.72. The number of halogens is 3. The molecule has 41 heavy (non-hydrogen) atoms. The molecule has 3 aromatic carbocycles. The van der Waals surface area contributed by atoms with Gasteiger partial charge in [-0.2, -0.15) is 13.2 Å². The summed E-state index contributed by atoms with van der Waals surface area (Å²) in [6, 6.07) is 16.5.